The van der Waals surface area contributed by atoms with E-state index in [2.05, 4.69) is 34.3 Å². The molecule has 1 fully saturated rings. The average Bonchev–Trinajstić information content (AvgIpc) is 3.14. The van der Waals surface area contributed by atoms with Crippen LogP contribution in [0.5, 0.6) is 5.75 Å². The molecule has 24 heavy (non-hydrogen) atoms. The van der Waals surface area contributed by atoms with Gasteiger partial charge in [0.25, 0.3) is 0 Å². The summed E-state index contributed by atoms with van der Waals surface area (Å²) in [5, 5.41) is 10.5. The fraction of sp³-hybridized carbons (Fsp3) is 0.652. The highest BCUT2D eigenvalue weighted by atomic mass is 16.3. The monoisotopic (exact) mass is 328 g/mol. The number of benzene rings is 1. The van der Waals surface area contributed by atoms with Crippen molar-refractivity contribution in [2.24, 2.45) is 11.3 Å². The first-order valence-corrected chi connectivity index (χ1v) is 9.73. The lowest BCUT2D eigenvalue weighted by molar-refractivity contribution is 0.459. The topological polar surface area (TPSA) is 20.2 Å². The third-order valence-electron chi connectivity index (χ3n) is 6.37. The number of phenolic OH excluding ortho intramolecular Hbond substituents is 1. The highest BCUT2D eigenvalue weighted by Crippen LogP contribution is 2.54. The van der Waals surface area contributed by atoms with Crippen molar-refractivity contribution in [2.75, 3.05) is 0 Å². The SMILES string of the molecule is C=Cc1c(C)c(C)c(O)c(CCCCCCCC2CC2(C)C)c1C. The molecule has 1 nitrogen and oxygen atoms in total. The van der Waals surface area contributed by atoms with Gasteiger partial charge in [-0.15, -0.1) is 0 Å². The van der Waals surface area contributed by atoms with Crippen LogP contribution >= 0.6 is 0 Å². The van der Waals surface area contributed by atoms with E-state index in [1.807, 2.05) is 13.0 Å². The lowest BCUT2D eigenvalue weighted by Crippen LogP contribution is -2.00. The molecular formula is C23H36O. The molecule has 0 bridgehead atoms. The second-order valence-corrected chi connectivity index (χ2v) is 8.52. The molecule has 1 heteroatoms. The Morgan fingerprint density at radius 2 is 1.58 bits per heavy atom. The highest BCUT2D eigenvalue weighted by Gasteiger charge is 2.44. The van der Waals surface area contributed by atoms with Crippen LogP contribution in [0.15, 0.2) is 6.58 Å². The van der Waals surface area contributed by atoms with Gasteiger partial charge in [0, 0.05) is 0 Å². The zero-order valence-corrected chi connectivity index (χ0v) is 16.5. The molecule has 1 aromatic carbocycles. The van der Waals surface area contributed by atoms with E-state index < -0.39 is 0 Å². The third kappa shape index (κ3) is 4.23. The van der Waals surface area contributed by atoms with Crippen molar-refractivity contribution < 1.29 is 5.11 Å². The van der Waals surface area contributed by atoms with Crippen molar-refractivity contribution in [3.05, 3.63) is 34.4 Å². The van der Waals surface area contributed by atoms with E-state index in [-0.39, 0.29) is 0 Å². The van der Waals surface area contributed by atoms with E-state index in [1.165, 1.54) is 56.1 Å². The fourth-order valence-electron chi connectivity index (χ4n) is 4.13. The Balaban J connectivity index is 1.76. The van der Waals surface area contributed by atoms with Gasteiger partial charge in [-0.3, -0.25) is 0 Å². The molecule has 0 aromatic heterocycles. The van der Waals surface area contributed by atoms with Gasteiger partial charge >= 0.3 is 0 Å². The molecule has 0 radical (unpaired) electrons. The van der Waals surface area contributed by atoms with Crippen LogP contribution in [0.1, 0.15) is 86.6 Å². The standard InChI is InChI=1S/C23H36O/c1-7-20-16(2)17(3)22(24)21(18(20)4)14-12-10-8-9-11-13-19-15-23(19,5)6/h7,19,24H,1,8-15H2,2-6H3. The van der Waals surface area contributed by atoms with Crippen molar-refractivity contribution in [3.8, 4) is 5.75 Å². The number of phenols is 1. The smallest absolute Gasteiger partial charge is 0.122 e. The van der Waals surface area contributed by atoms with Gasteiger partial charge in [0.2, 0.25) is 0 Å². The predicted octanol–water partition coefficient (Wildman–Crippen LogP) is 6.89. The Morgan fingerprint density at radius 1 is 1.00 bits per heavy atom. The Hall–Kier alpha value is -1.24. The fourth-order valence-corrected chi connectivity index (χ4v) is 4.13. The summed E-state index contributed by atoms with van der Waals surface area (Å²) in [5.41, 5.74) is 6.35. The highest BCUT2D eigenvalue weighted by molar-refractivity contribution is 5.64. The summed E-state index contributed by atoms with van der Waals surface area (Å²) in [5.74, 6) is 1.50. The largest absolute Gasteiger partial charge is 0.507 e. The van der Waals surface area contributed by atoms with E-state index in [1.54, 1.807) is 0 Å². The van der Waals surface area contributed by atoms with Crippen LogP contribution in [0.4, 0.5) is 0 Å². The lowest BCUT2D eigenvalue weighted by atomic mass is 9.90. The number of aromatic hydroxyl groups is 1. The average molecular weight is 329 g/mol. The van der Waals surface area contributed by atoms with Gasteiger partial charge in [0.05, 0.1) is 0 Å². The van der Waals surface area contributed by atoms with Crippen molar-refractivity contribution in [1.82, 2.24) is 0 Å². The summed E-state index contributed by atoms with van der Waals surface area (Å²) in [7, 11) is 0. The zero-order valence-electron chi connectivity index (χ0n) is 16.5. The molecule has 1 aliphatic rings. The van der Waals surface area contributed by atoms with Crippen LogP contribution in [0.3, 0.4) is 0 Å². The minimum absolute atomic E-state index is 0.506. The van der Waals surface area contributed by atoms with Crippen molar-refractivity contribution in [1.29, 1.82) is 0 Å². The minimum atomic E-state index is 0.506. The van der Waals surface area contributed by atoms with Gasteiger partial charge < -0.3 is 5.11 Å². The Labute approximate surface area is 149 Å². The number of rotatable bonds is 9. The van der Waals surface area contributed by atoms with Gasteiger partial charge in [-0.05, 0) is 85.6 Å². The number of hydrogen-bond acceptors (Lipinski definition) is 1. The summed E-state index contributed by atoms with van der Waals surface area (Å²) in [4.78, 5) is 0. The van der Waals surface area contributed by atoms with Crippen molar-refractivity contribution >= 4 is 6.08 Å². The first kappa shape index (κ1) is 19.1. The van der Waals surface area contributed by atoms with Crippen LogP contribution in [-0.2, 0) is 6.42 Å². The Bertz CT molecular complexity index is 595. The van der Waals surface area contributed by atoms with Gasteiger partial charge in [-0.2, -0.15) is 0 Å². The maximum atomic E-state index is 10.5. The molecule has 1 aliphatic carbocycles. The third-order valence-corrected chi connectivity index (χ3v) is 6.37. The van der Waals surface area contributed by atoms with Gasteiger partial charge in [0.15, 0.2) is 0 Å². The summed E-state index contributed by atoms with van der Waals surface area (Å²) in [6, 6.07) is 0. The molecule has 1 atom stereocenters. The molecule has 0 spiro atoms. The molecule has 0 heterocycles. The summed E-state index contributed by atoms with van der Waals surface area (Å²) in [6.45, 7) is 14.9. The maximum absolute atomic E-state index is 10.5. The van der Waals surface area contributed by atoms with Crippen molar-refractivity contribution in [2.45, 2.75) is 86.0 Å². The molecule has 1 saturated carbocycles. The summed E-state index contributed by atoms with van der Waals surface area (Å²) >= 11 is 0. The van der Waals surface area contributed by atoms with E-state index in [9.17, 15) is 5.11 Å². The van der Waals surface area contributed by atoms with Crippen molar-refractivity contribution in [3.63, 3.8) is 0 Å². The minimum Gasteiger partial charge on any atom is -0.507 e. The first-order chi connectivity index (χ1) is 11.3. The first-order valence-electron chi connectivity index (χ1n) is 9.73. The number of unbranched alkanes of at least 4 members (excludes halogenated alkanes) is 4. The lowest BCUT2D eigenvalue weighted by Gasteiger charge is -2.17. The van der Waals surface area contributed by atoms with Crippen LogP contribution in [0.25, 0.3) is 6.08 Å². The predicted molar refractivity (Wildman–Crippen MR) is 106 cm³/mol. The van der Waals surface area contributed by atoms with E-state index in [0.717, 1.165) is 29.0 Å². The Kier molecular flexibility index (Phi) is 6.17. The summed E-state index contributed by atoms with van der Waals surface area (Å²) < 4.78 is 0. The second kappa shape index (κ2) is 7.76. The van der Waals surface area contributed by atoms with E-state index in [4.69, 9.17) is 0 Å². The summed E-state index contributed by atoms with van der Waals surface area (Å²) in [6.07, 6.45) is 12.3. The molecule has 0 aliphatic heterocycles. The molecule has 0 amide bonds. The quantitative estimate of drug-likeness (QED) is 0.489. The molecule has 2 rings (SSSR count). The van der Waals surface area contributed by atoms with E-state index >= 15 is 0 Å². The normalized spacial score (nSPS) is 18.6. The second-order valence-electron chi connectivity index (χ2n) is 8.52. The van der Waals surface area contributed by atoms with Crippen LogP contribution in [0, 0.1) is 32.1 Å². The van der Waals surface area contributed by atoms with Crippen LogP contribution < -0.4 is 0 Å². The Morgan fingerprint density at radius 3 is 2.17 bits per heavy atom. The molecule has 0 saturated heterocycles. The molecule has 134 valence electrons. The molecule has 1 aromatic rings. The zero-order chi connectivity index (χ0) is 17.9. The van der Waals surface area contributed by atoms with E-state index in [0.29, 0.717) is 11.2 Å². The van der Waals surface area contributed by atoms with Gasteiger partial charge in [0.1, 0.15) is 5.75 Å². The van der Waals surface area contributed by atoms with Gasteiger partial charge in [-0.1, -0.05) is 52.2 Å². The molecule has 1 N–H and O–H groups in total. The number of hydrogen-bond donors (Lipinski definition) is 1. The molecule has 1 unspecified atom stereocenters. The van der Waals surface area contributed by atoms with Crippen LogP contribution in [-0.4, -0.2) is 5.11 Å². The maximum Gasteiger partial charge on any atom is 0.122 e. The van der Waals surface area contributed by atoms with Crippen LogP contribution in [0.2, 0.25) is 0 Å². The van der Waals surface area contributed by atoms with Gasteiger partial charge in [-0.25, -0.2) is 0 Å². The molecular weight excluding hydrogens is 292 g/mol.